The van der Waals surface area contributed by atoms with Crippen molar-refractivity contribution in [1.82, 2.24) is 4.98 Å². The molecule has 0 atom stereocenters. The average Bonchev–Trinajstić information content (AvgIpc) is 2.97. The number of rotatable bonds is 4. The average molecular weight is 383 g/mol. The molecule has 1 amide bonds. The highest BCUT2D eigenvalue weighted by molar-refractivity contribution is 6.30. The topological polar surface area (TPSA) is 54.1 Å². The summed E-state index contributed by atoms with van der Waals surface area (Å²) < 4.78 is 44.5. The summed E-state index contributed by atoms with van der Waals surface area (Å²) in [6.45, 7) is 0. The number of alkyl halides is 3. The number of nitrogens with one attached hydrogen (secondary N) is 2. The van der Waals surface area contributed by atoms with Gasteiger partial charge in [0.2, 0.25) is 5.91 Å². The van der Waals surface area contributed by atoms with Gasteiger partial charge in [0.1, 0.15) is 5.75 Å². The van der Waals surface area contributed by atoms with Gasteiger partial charge in [0.05, 0.1) is 24.8 Å². The number of methoxy groups -OCH3 is 1. The Morgan fingerprint density at radius 1 is 1.23 bits per heavy atom. The van der Waals surface area contributed by atoms with Crippen LogP contribution in [0.25, 0.3) is 10.9 Å². The number of halogens is 4. The van der Waals surface area contributed by atoms with Crippen LogP contribution in [0.3, 0.4) is 0 Å². The fraction of sp³-hybridized carbons (Fsp3) is 0.167. The largest absolute Gasteiger partial charge is 0.497 e. The Morgan fingerprint density at radius 3 is 2.69 bits per heavy atom. The molecular weight excluding hydrogens is 369 g/mol. The molecule has 0 bridgehead atoms. The highest BCUT2D eigenvalue weighted by Crippen LogP contribution is 2.36. The zero-order valence-electron chi connectivity index (χ0n) is 13.6. The molecule has 1 heterocycles. The van der Waals surface area contributed by atoms with Crippen molar-refractivity contribution < 1.29 is 22.7 Å². The molecule has 0 saturated heterocycles. The minimum absolute atomic E-state index is 0.0564. The standard InChI is InChI=1S/C18H14ClF3N2O2/c1-26-12-3-5-15-13(8-12)10(9-23-15)6-17(25)24-16-4-2-11(19)7-14(16)18(20,21)22/h2-5,7-9,23H,6H2,1H3,(H,24,25). The Hall–Kier alpha value is -2.67. The van der Waals surface area contributed by atoms with Crippen molar-refractivity contribution >= 4 is 34.1 Å². The van der Waals surface area contributed by atoms with E-state index >= 15 is 0 Å². The van der Waals surface area contributed by atoms with E-state index in [2.05, 4.69) is 10.3 Å². The zero-order chi connectivity index (χ0) is 18.9. The molecule has 4 nitrogen and oxygen atoms in total. The highest BCUT2D eigenvalue weighted by atomic mass is 35.5. The molecule has 26 heavy (non-hydrogen) atoms. The summed E-state index contributed by atoms with van der Waals surface area (Å²) in [5.74, 6) is 0.0531. The lowest BCUT2D eigenvalue weighted by atomic mass is 10.1. The first kappa shape index (κ1) is 18.1. The van der Waals surface area contributed by atoms with Gasteiger partial charge < -0.3 is 15.0 Å². The van der Waals surface area contributed by atoms with Crippen LogP contribution in [0.15, 0.2) is 42.6 Å². The molecule has 0 spiro atoms. The van der Waals surface area contributed by atoms with Crippen molar-refractivity contribution in [2.24, 2.45) is 0 Å². The summed E-state index contributed by atoms with van der Waals surface area (Å²) in [6.07, 6.45) is -3.06. The highest BCUT2D eigenvalue weighted by Gasteiger charge is 2.34. The van der Waals surface area contributed by atoms with Crippen LogP contribution >= 0.6 is 11.6 Å². The molecule has 0 aliphatic heterocycles. The lowest BCUT2D eigenvalue weighted by Gasteiger charge is -2.14. The molecule has 0 saturated carbocycles. The summed E-state index contributed by atoms with van der Waals surface area (Å²) in [5, 5.41) is 3.03. The molecule has 8 heteroatoms. The number of hydrogen-bond donors (Lipinski definition) is 2. The molecule has 0 unspecified atom stereocenters. The molecule has 2 N–H and O–H groups in total. The number of carbonyl (C=O) groups excluding carboxylic acids is 1. The third kappa shape index (κ3) is 3.77. The molecule has 3 aromatic rings. The Bertz CT molecular complexity index is 967. The van der Waals surface area contributed by atoms with Crippen LogP contribution in [0.4, 0.5) is 18.9 Å². The van der Waals surface area contributed by atoms with E-state index in [0.717, 1.165) is 23.0 Å². The van der Waals surface area contributed by atoms with E-state index in [4.69, 9.17) is 16.3 Å². The Kier molecular flexibility index (Phi) is 4.82. The maximum absolute atomic E-state index is 13.1. The number of carbonyl (C=O) groups is 1. The van der Waals surface area contributed by atoms with E-state index in [-0.39, 0.29) is 17.1 Å². The van der Waals surface area contributed by atoms with E-state index in [0.29, 0.717) is 11.3 Å². The van der Waals surface area contributed by atoms with Crippen LogP contribution in [0.5, 0.6) is 5.75 Å². The van der Waals surface area contributed by atoms with Crippen molar-refractivity contribution in [3.63, 3.8) is 0 Å². The van der Waals surface area contributed by atoms with Crippen molar-refractivity contribution in [2.45, 2.75) is 12.6 Å². The van der Waals surface area contributed by atoms with E-state index in [1.54, 1.807) is 24.4 Å². The number of amides is 1. The third-order valence-electron chi connectivity index (χ3n) is 3.89. The van der Waals surface area contributed by atoms with Gasteiger partial charge in [-0.1, -0.05) is 11.6 Å². The molecule has 0 aliphatic carbocycles. The number of ether oxygens (including phenoxy) is 1. The molecule has 1 aromatic heterocycles. The Balaban J connectivity index is 1.84. The van der Waals surface area contributed by atoms with Crippen molar-refractivity contribution in [2.75, 3.05) is 12.4 Å². The predicted molar refractivity (Wildman–Crippen MR) is 93.6 cm³/mol. The minimum Gasteiger partial charge on any atom is -0.497 e. The SMILES string of the molecule is COc1ccc2[nH]cc(CC(=O)Nc3ccc(Cl)cc3C(F)(F)F)c2c1. The number of aromatic amines is 1. The second kappa shape index (κ2) is 6.92. The fourth-order valence-corrected chi connectivity index (χ4v) is 2.83. The van der Waals surface area contributed by atoms with Gasteiger partial charge in [-0.05, 0) is 42.0 Å². The molecule has 136 valence electrons. The first-order valence-corrected chi connectivity index (χ1v) is 7.96. The van der Waals surface area contributed by atoms with E-state index in [1.165, 1.54) is 13.2 Å². The fourth-order valence-electron chi connectivity index (χ4n) is 2.66. The van der Waals surface area contributed by atoms with E-state index < -0.39 is 17.6 Å². The third-order valence-corrected chi connectivity index (χ3v) is 4.12. The number of fused-ring (bicyclic) bond motifs is 1. The van der Waals surface area contributed by atoms with Gasteiger partial charge in [0, 0.05) is 22.1 Å². The second-order valence-electron chi connectivity index (χ2n) is 5.64. The number of benzene rings is 2. The normalized spacial score (nSPS) is 11.6. The van der Waals surface area contributed by atoms with Gasteiger partial charge in [-0.25, -0.2) is 0 Å². The smallest absolute Gasteiger partial charge is 0.418 e. The first-order valence-electron chi connectivity index (χ1n) is 7.58. The van der Waals surface area contributed by atoms with E-state index in [1.807, 2.05) is 0 Å². The lowest BCUT2D eigenvalue weighted by Crippen LogP contribution is -2.18. The molecular formula is C18H14ClF3N2O2. The van der Waals surface area contributed by atoms with Crippen LogP contribution in [-0.4, -0.2) is 18.0 Å². The van der Waals surface area contributed by atoms with Crippen molar-refractivity contribution in [1.29, 1.82) is 0 Å². The molecule has 0 fully saturated rings. The van der Waals surface area contributed by atoms with Gasteiger partial charge in [0.25, 0.3) is 0 Å². The predicted octanol–water partition coefficient (Wildman–Crippen LogP) is 5.03. The van der Waals surface area contributed by atoms with Crippen molar-refractivity contribution in [3.05, 3.63) is 58.7 Å². The van der Waals surface area contributed by atoms with Gasteiger partial charge >= 0.3 is 6.18 Å². The monoisotopic (exact) mass is 382 g/mol. The summed E-state index contributed by atoms with van der Waals surface area (Å²) in [7, 11) is 1.53. The van der Waals surface area contributed by atoms with Gasteiger partial charge in [0.15, 0.2) is 0 Å². The quantitative estimate of drug-likeness (QED) is 0.665. The molecule has 0 aliphatic rings. The van der Waals surface area contributed by atoms with E-state index in [9.17, 15) is 18.0 Å². The van der Waals surface area contributed by atoms with Crippen molar-refractivity contribution in [3.8, 4) is 5.75 Å². The lowest BCUT2D eigenvalue weighted by molar-refractivity contribution is -0.137. The first-order chi connectivity index (χ1) is 12.3. The van der Waals surface area contributed by atoms with Crippen LogP contribution in [0.2, 0.25) is 5.02 Å². The van der Waals surface area contributed by atoms with Crippen LogP contribution in [0, 0.1) is 0 Å². The van der Waals surface area contributed by atoms with Crippen LogP contribution in [0.1, 0.15) is 11.1 Å². The van der Waals surface area contributed by atoms with Gasteiger partial charge in [-0.3, -0.25) is 4.79 Å². The van der Waals surface area contributed by atoms with Crippen LogP contribution in [-0.2, 0) is 17.4 Å². The minimum atomic E-state index is -4.62. The number of aromatic nitrogens is 1. The molecule has 0 radical (unpaired) electrons. The Morgan fingerprint density at radius 2 is 2.00 bits per heavy atom. The molecule has 2 aromatic carbocycles. The summed E-state index contributed by atoms with van der Waals surface area (Å²) in [4.78, 5) is 15.3. The maximum Gasteiger partial charge on any atom is 0.418 e. The summed E-state index contributed by atoms with van der Waals surface area (Å²) in [5.41, 5.74) is 0.137. The van der Waals surface area contributed by atoms with Crippen LogP contribution < -0.4 is 10.1 Å². The summed E-state index contributed by atoms with van der Waals surface area (Å²) in [6, 6.07) is 8.55. The van der Waals surface area contributed by atoms with Gasteiger partial charge in [-0.15, -0.1) is 0 Å². The molecule has 3 rings (SSSR count). The Labute approximate surface area is 151 Å². The zero-order valence-corrected chi connectivity index (χ0v) is 14.3. The summed E-state index contributed by atoms with van der Waals surface area (Å²) >= 11 is 5.64. The second-order valence-corrected chi connectivity index (χ2v) is 6.07. The maximum atomic E-state index is 13.1. The number of anilines is 1. The van der Waals surface area contributed by atoms with Gasteiger partial charge in [-0.2, -0.15) is 13.2 Å². The number of H-pyrrole nitrogens is 1. The number of hydrogen-bond acceptors (Lipinski definition) is 2.